The van der Waals surface area contributed by atoms with Crippen molar-refractivity contribution in [3.8, 4) is 11.3 Å². The molecule has 0 aliphatic carbocycles. The number of fused-ring (bicyclic) bond motifs is 1. The Bertz CT molecular complexity index is 1130. The lowest BCUT2D eigenvalue weighted by Gasteiger charge is -2.22. The highest BCUT2D eigenvalue weighted by Gasteiger charge is 2.30. The molecule has 1 aromatic carbocycles. The highest BCUT2D eigenvalue weighted by molar-refractivity contribution is 5.97. The van der Waals surface area contributed by atoms with Crippen molar-refractivity contribution >= 4 is 17.3 Å². The van der Waals surface area contributed by atoms with Crippen LogP contribution in [0.1, 0.15) is 30.0 Å². The molecular formula is C21H22N4O3. The lowest BCUT2D eigenvalue weighted by molar-refractivity contribution is -0.121. The number of aromatic nitrogens is 2. The summed E-state index contributed by atoms with van der Waals surface area (Å²) < 4.78 is 6.74. The summed E-state index contributed by atoms with van der Waals surface area (Å²) in [5, 5.41) is 4.44. The Morgan fingerprint density at radius 2 is 2.00 bits per heavy atom. The van der Waals surface area contributed by atoms with Crippen LogP contribution in [0.2, 0.25) is 0 Å². The fraction of sp³-hybridized carbons (Fsp3) is 0.286. The zero-order valence-corrected chi connectivity index (χ0v) is 16.1. The average molecular weight is 378 g/mol. The molecule has 0 fully saturated rings. The number of nitrogens with zero attached hydrogens (tertiary/aromatic N) is 3. The van der Waals surface area contributed by atoms with Gasteiger partial charge in [0.1, 0.15) is 23.2 Å². The fourth-order valence-corrected chi connectivity index (χ4v) is 3.71. The molecule has 1 atom stereocenters. The minimum Gasteiger partial charge on any atom is -0.466 e. The van der Waals surface area contributed by atoms with Crippen LogP contribution in [0.25, 0.3) is 11.3 Å². The lowest BCUT2D eigenvalue weighted by Crippen LogP contribution is -2.40. The number of rotatable bonds is 3. The number of para-hydroxylation sites is 1. The van der Waals surface area contributed by atoms with Gasteiger partial charge < -0.3 is 15.1 Å². The molecule has 0 saturated carbocycles. The maximum absolute atomic E-state index is 13.2. The molecule has 3 heterocycles. The van der Waals surface area contributed by atoms with Gasteiger partial charge in [-0.3, -0.25) is 9.59 Å². The summed E-state index contributed by atoms with van der Waals surface area (Å²) in [6, 6.07) is 10.4. The number of anilines is 2. The first-order valence-corrected chi connectivity index (χ1v) is 9.23. The van der Waals surface area contributed by atoms with Crippen LogP contribution >= 0.6 is 0 Å². The van der Waals surface area contributed by atoms with E-state index in [1.165, 1.54) is 10.7 Å². The second-order valence-corrected chi connectivity index (χ2v) is 7.11. The number of hydrogen-bond donors (Lipinski definition) is 1. The topological polar surface area (TPSA) is 94.4 Å². The fourth-order valence-electron chi connectivity index (χ4n) is 3.71. The number of amides is 1. The highest BCUT2D eigenvalue weighted by atomic mass is 16.3. The van der Waals surface area contributed by atoms with Gasteiger partial charge in [-0.15, -0.1) is 0 Å². The first kappa shape index (κ1) is 18.0. The second kappa shape index (κ2) is 6.67. The molecule has 0 radical (unpaired) electrons. The molecule has 7 heteroatoms. The van der Waals surface area contributed by atoms with Crippen LogP contribution in [0, 0.1) is 13.8 Å². The molecule has 1 aliphatic rings. The Morgan fingerprint density at radius 3 is 2.71 bits per heavy atom. The molecule has 28 heavy (non-hydrogen) atoms. The zero-order valence-electron chi connectivity index (χ0n) is 16.1. The van der Waals surface area contributed by atoms with Crippen molar-refractivity contribution in [1.29, 1.82) is 0 Å². The molecule has 4 rings (SSSR count). The Kier molecular flexibility index (Phi) is 4.30. The monoisotopic (exact) mass is 378 g/mol. The van der Waals surface area contributed by atoms with Gasteiger partial charge in [-0.1, -0.05) is 18.2 Å². The summed E-state index contributed by atoms with van der Waals surface area (Å²) in [7, 11) is 0. The van der Waals surface area contributed by atoms with E-state index in [2.05, 4.69) is 5.10 Å². The molecule has 2 aromatic heterocycles. The molecule has 0 spiro atoms. The van der Waals surface area contributed by atoms with E-state index in [0.29, 0.717) is 18.0 Å². The van der Waals surface area contributed by atoms with Crippen LogP contribution in [0.3, 0.4) is 0 Å². The number of carbonyl (C=O) groups is 1. The van der Waals surface area contributed by atoms with Crippen LogP contribution in [-0.2, 0) is 11.2 Å². The van der Waals surface area contributed by atoms with Gasteiger partial charge in [-0.25, -0.2) is 4.68 Å². The third-order valence-electron chi connectivity index (χ3n) is 5.16. The molecule has 7 nitrogen and oxygen atoms in total. The zero-order chi connectivity index (χ0) is 20.0. The standard InChI is InChI=1S/C21H22N4O3/c1-12-10-16(14(3)28-12)18-11-17(22)21(27)25(23-18)13(2)20(26)24-9-8-15-6-4-5-7-19(15)24/h4-7,10-11,13H,8-9,22H2,1-3H3. The van der Waals surface area contributed by atoms with Crippen LogP contribution in [0.5, 0.6) is 0 Å². The Morgan fingerprint density at radius 1 is 1.25 bits per heavy atom. The van der Waals surface area contributed by atoms with Gasteiger partial charge in [-0.05, 0) is 51.0 Å². The largest absolute Gasteiger partial charge is 0.466 e. The number of carbonyl (C=O) groups excluding carboxylic acids is 1. The number of nitrogen functional groups attached to an aromatic ring is 1. The molecule has 3 aromatic rings. The summed E-state index contributed by atoms with van der Waals surface area (Å²) in [5.74, 6) is 1.24. The highest BCUT2D eigenvalue weighted by Crippen LogP contribution is 2.30. The van der Waals surface area contributed by atoms with Gasteiger partial charge in [0.15, 0.2) is 0 Å². The lowest BCUT2D eigenvalue weighted by atomic mass is 10.1. The predicted molar refractivity (Wildman–Crippen MR) is 107 cm³/mol. The summed E-state index contributed by atoms with van der Waals surface area (Å²) in [5.41, 5.74) is 8.80. The van der Waals surface area contributed by atoms with Gasteiger partial charge in [0, 0.05) is 17.8 Å². The Labute approximate surface area is 162 Å². The normalized spacial score (nSPS) is 14.2. The molecular weight excluding hydrogens is 356 g/mol. The minimum absolute atomic E-state index is 0.0460. The summed E-state index contributed by atoms with van der Waals surface area (Å²) in [4.78, 5) is 27.5. The SMILES string of the molecule is Cc1cc(-c2cc(N)c(=O)n(C(C)C(=O)N3CCc4ccccc43)n2)c(C)o1. The summed E-state index contributed by atoms with van der Waals surface area (Å²) in [6.45, 7) is 5.93. The smallest absolute Gasteiger partial charge is 0.290 e. The van der Waals surface area contributed by atoms with E-state index in [4.69, 9.17) is 10.2 Å². The number of aryl methyl sites for hydroxylation is 2. The predicted octanol–water partition coefficient (Wildman–Crippen LogP) is 2.85. The van der Waals surface area contributed by atoms with Crippen molar-refractivity contribution in [2.45, 2.75) is 33.2 Å². The summed E-state index contributed by atoms with van der Waals surface area (Å²) >= 11 is 0. The van der Waals surface area contributed by atoms with E-state index in [0.717, 1.165) is 29.0 Å². The summed E-state index contributed by atoms with van der Waals surface area (Å²) in [6.07, 6.45) is 0.798. The quantitative estimate of drug-likeness (QED) is 0.756. The number of furan rings is 1. The van der Waals surface area contributed by atoms with E-state index in [1.54, 1.807) is 11.8 Å². The molecule has 1 aliphatic heterocycles. The van der Waals surface area contributed by atoms with Crippen molar-refractivity contribution in [1.82, 2.24) is 9.78 Å². The number of hydrogen-bond acceptors (Lipinski definition) is 5. The third-order valence-corrected chi connectivity index (χ3v) is 5.16. The van der Waals surface area contributed by atoms with E-state index in [-0.39, 0.29) is 11.6 Å². The van der Waals surface area contributed by atoms with Crippen molar-refractivity contribution in [2.75, 3.05) is 17.2 Å². The van der Waals surface area contributed by atoms with Crippen molar-refractivity contribution in [3.05, 3.63) is 63.8 Å². The van der Waals surface area contributed by atoms with E-state index >= 15 is 0 Å². The molecule has 1 amide bonds. The first-order chi connectivity index (χ1) is 13.4. The van der Waals surface area contributed by atoms with E-state index < -0.39 is 11.6 Å². The number of nitrogens with two attached hydrogens (primary N) is 1. The van der Waals surface area contributed by atoms with Crippen molar-refractivity contribution < 1.29 is 9.21 Å². The first-order valence-electron chi connectivity index (χ1n) is 9.23. The van der Waals surface area contributed by atoms with E-state index in [1.807, 2.05) is 44.2 Å². The molecule has 1 unspecified atom stereocenters. The Hall–Kier alpha value is -3.35. The van der Waals surface area contributed by atoms with Crippen molar-refractivity contribution in [2.24, 2.45) is 0 Å². The van der Waals surface area contributed by atoms with Crippen LogP contribution in [-0.4, -0.2) is 22.2 Å². The maximum Gasteiger partial charge on any atom is 0.290 e. The van der Waals surface area contributed by atoms with Crippen LogP contribution < -0.4 is 16.2 Å². The number of benzene rings is 1. The van der Waals surface area contributed by atoms with Gasteiger partial charge in [0.05, 0.1) is 5.69 Å². The van der Waals surface area contributed by atoms with E-state index in [9.17, 15) is 9.59 Å². The Balaban J connectivity index is 1.73. The molecule has 144 valence electrons. The second-order valence-electron chi connectivity index (χ2n) is 7.11. The molecule has 0 bridgehead atoms. The van der Waals surface area contributed by atoms with Crippen LogP contribution in [0.15, 0.2) is 45.6 Å². The third kappa shape index (κ3) is 2.89. The molecule has 0 saturated heterocycles. The average Bonchev–Trinajstić information content (AvgIpc) is 3.25. The van der Waals surface area contributed by atoms with Gasteiger partial charge in [0.2, 0.25) is 0 Å². The molecule has 2 N–H and O–H groups in total. The maximum atomic E-state index is 13.2. The van der Waals surface area contributed by atoms with Crippen LogP contribution in [0.4, 0.5) is 11.4 Å². The van der Waals surface area contributed by atoms with Crippen molar-refractivity contribution in [3.63, 3.8) is 0 Å². The van der Waals surface area contributed by atoms with Gasteiger partial charge in [-0.2, -0.15) is 5.10 Å². The minimum atomic E-state index is -0.783. The van der Waals surface area contributed by atoms with Gasteiger partial charge >= 0.3 is 0 Å². The van der Waals surface area contributed by atoms with Gasteiger partial charge in [0.25, 0.3) is 11.5 Å².